The van der Waals surface area contributed by atoms with Gasteiger partial charge in [-0.15, -0.1) is 0 Å². The first-order chi connectivity index (χ1) is 11.8. The molecule has 0 saturated heterocycles. The van der Waals surface area contributed by atoms with Crippen LogP contribution in [0, 0.1) is 5.92 Å². The highest BCUT2D eigenvalue weighted by Crippen LogP contribution is 2.23. The van der Waals surface area contributed by atoms with E-state index in [2.05, 4.69) is 22.9 Å². The Hall–Kier alpha value is -1.46. The molecule has 1 aliphatic carbocycles. The summed E-state index contributed by atoms with van der Waals surface area (Å²) in [6, 6.07) is 0.195. The van der Waals surface area contributed by atoms with E-state index in [1.165, 1.54) is 19.3 Å². The summed E-state index contributed by atoms with van der Waals surface area (Å²) in [5, 5.41) is 8.85. The topological polar surface area (TPSA) is 79.5 Å². The van der Waals surface area contributed by atoms with Gasteiger partial charge in [-0.25, -0.2) is 9.59 Å². The molecule has 1 saturated carbocycles. The molecule has 0 aromatic heterocycles. The van der Waals surface area contributed by atoms with Crippen molar-refractivity contribution in [2.75, 3.05) is 13.1 Å². The summed E-state index contributed by atoms with van der Waals surface area (Å²) in [4.78, 5) is 23.6. The second-order valence-corrected chi connectivity index (χ2v) is 8.06. The Morgan fingerprint density at radius 2 is 1.68 bits per heavy atom. The lowest BCUT2D eigenvalue weighted by Crippen LogP contribution is -2.44. The Balaban J connectivity index is 2.11. The number of ether oxygens (including phenoxy) is 1. The molecular formula is C19H37N3O3. The monoisotopic (exact) mass is 355 g/mol. The Morgan fingerprint density at radius 1 is 1.00 bits per heavy atom. The Labute approximate surface area is 152 Å². The summed E-state index contributed by atoms with van der Waals surface area (Å²) in [5.74, 6) is 0.461. The number of carbonyl (C=O) groups excluding carboxylic acids is 2. The SMILES string of the molecule is CCCCCCNC(=O)NC1CCC(CNC(=O)OC(C)(C)C)CC1. The zero-order chi connectivity index (χ0) is 18.7. The average Bonchev–Trinajstić information content (AvgIpc) is 2.52. The molecule has 6 heteroatoms. The quantitative estimate of drug-likeness (QED) is 0.577. The maximum Gasteiger partial charge on any atom is 0.407 e. The van der Waals surface area contributed by atoms with E-state index in [0.717, 1.165) is 38.6 Å². The molecule has 1 fully saturated rings. The summed E-state index contributed by atoms with van der Waals surface area (Å²) >= 11 is 0. The highest BCUT2D eigenvalue weighted by atomic mass is 16.6. The fourth-order valence-electron chi connectivity index (χ4n) is 3.04. The highest BCUT2D eigenvalue weighted by Gasteiger charge is 2.23. The Morgan fingerprint density at radius 3 is 2.28 bits per heavy atom. The van der Waals surface area contributed by atoms with Crippen LogP contribution < -0.4 is 16.0 Å². The molecule has 1 aliphatic rings. The van der Waals surface area contributed by atoms with Gasteiger partial charge in [0.25, 0.3) is 0 Å². The van der Waals surface area contributed by atoms with Crippen molar-refractivity contribution in [3.05, 3.63) is 0 Å². The van der Waals surface area contributed by atoms with Gasteiger partial charge in [0.2, 0.25) is 0 Å². The molecule has 0 atom stereocenters. The third kappa shape index (κ3) is 10.9. The number of nitrogens with one attached hydrogen (secondary N) is 3. The molecule has 0 radical (unpaired) electrons. The van der Waals surface area contributed by atoms with Crippen molar-refractivity contribution in [2.24, 2.45) is 5.92 Å². The van der Waals surface area contributed by atoms with Crippen LogP contribution >= 0.6 is 0 Å². The molecule has 0 heterocycles. The minimum Gasteiger partial charge on any atom is -0.444 e. The van der Waals surface area contributed by atoms with E-state index in [4.69, 9.17) is 4.74 Å². The van der Waals surface area contributed by atoms with Crippen molar-refractivity contribution in [1.82, 2.24) is 16.0 Å². The van der Waals surface area contributed by atoms with Crippen molar-refractivity contribution < 1.29 is 14.3 Å². The van der Waals surface area contributed by atoms with Crippen LogP contribution in [0.25, 0.3) is 0 Å². The molecule has 3 N–H and O–H groups in total. The van der Waals surface area contributed by atoms with Crippen LogP contribution in [0.3, 0.4) is 0 Å². The largest absolute Gasteiger partial charge is 0.444 e. The van der Waals surface area contributed by atoms with E-state index in [-0.39, 0.29) is 18.2 Å². The molecule has 0 aromatic rings. The fourth-order valence-corrected chi connectivity index (χ4v) is 3.04. The first-order valence-corrected chi connectivity index (χ1v) is 9.81. The molecule has 0 aliphatic heterocycles. The number of hydrogen-bond donors (Lipinski definition) is 3. The van der Waals surface area contributed by atoms with Gasteiger partial charge >= 0.3 is 12.1 Å². The van der Waals surface area contributed by atoms with Crippen LogP contribution in [-0.4, -0.2) is 36.9 Å². The third-order valence-corrected chi connectivity index (χ3v) is 4.43. The lowest BCUT2D eigenvalue weighted by Gasteiger charge is -2.29. The zero-order valence-corrected chi connectivity index (χ0v) is 16.5. The molecule has 6 nitrogen and oxygen atoms in total. The number of amides is 3. The molecule has 146 valence electrons. The minimum atomic E-state index is -0.463. The van der Waals surface area contributed by atoms with Crippen LogP contribution in [0.1, 0.15) is 79.1 Å². The smallest absolute Gasteiger partial charge is 0.407 e. The average molecular weight is 356 g/mol. The maximum atomic E-state index is 11.9. The number of urea groups is 1. The van der Waals surface area contributed by atoms with Gasteiger partial charge in [-0.05, 0) is 58.8 Å². The second kappa shape index (κ2) is 11.2. The summed E-state index contributed by atoms with van der Waals surface area (Å²) in [7, 11) is 0. The molecular weight excluding hydrogens is 318 g/mol. The van der Waals surface area contributed by atoms with E-state index < -0.39 is 5.60 Å². The minimum absolute atomic E-state index is 0.0492. The van der Waals surface area contributed by atoms with Gasteiger partial charge in [0.15, 0.2) is 0 Å². The van der Waals surface area contributed by atoms with Crippen molar-refractivity contribution in [3.63, 3.8) is 0 Å². The van der Waals surface area contributed by atoms with Crippen LogP contribution in [-0.2, 0) is 4.74 Å². The van der Waals surface area contributed by atoms with Crippen LogP contribution in [0.2, 0.25) is 0 Å². The molecule has 25 heavy (non-hydrogen) atoms. The first kappa shape index (κ1) is 21.6. The highest BCUT2D eigenvalue weighted by molar-refractivity contribution is 5.74. The molecule has 3 amide bonds. The number of rotatable bonds is 8. The summed E-state index contributed by atoms with van der Waals surface area (Å²) in [6.07, 6.45) is 8.25. The normalized spacial score (nSPS) is 20.6. The van der Waals surface area contributed by atoms with Crippen LogP contribution in [0.5, 0.6) is 0 Å². The van der Waals surface area contributed by atoms with E-state index >= 15 is 0 Å². The van der Waals surface area contributed by atoms with Crippen molar-refractivity contribution >= 4 is 12.1 Å². The molecule has 0 unspecified atom stereocenters. The predicted octanol–water partition coefficient (Wildman–Crippen LogP) is 3.95. The number of carbonyl (C=O) groups is 2. The lowest BCUT2D eigenvalue weighted by atomic mass is 9.86. The second-order valence-electron chi connectivity index (χ2n) is 8.06. The van der Waals surface area contributed by atoms with Crippen LogP contribution in [0.4, 0.5) is 9.59 Å². The summed E-state index contributed by atoms with van der Waals surface area (Å²) in [6.45, 7) is 9.15. The van der Waals surface area contributed by atoms with Gasteiger partial charge < -0.3 is 20.7 Å². The van der Waals surface area contributed by atoms with E-state index in [0.29, 0.717) is 12.5 Å². The summed E-state index contributed by atoms with van der Waals surface area (Å²) in [5.41, 5.74) is -0.463. The molecule has 0 aromatic carbocycles. The maximum absolute atomic E-state index is 11.9. The number of hydrogen-bond acceptors (Lipinski definition) is 3. The Kier molecular flexibility index (Phi) is 9.68. The standard InChI is InChI=1S/C19H37N3O3/c1-5-6-7-8-13-20-17(23)22-16-11-9-15(10-12-16)14-21-18(24)25-19(2,3)4/h15-16H,5-14H2,1-4H3,(H,21,24)(H2,20,22,23). The van der Waals surface area contributed by atoms with Crippen molar-refractivity contribution in [3.8, 4) is 0 Å². The van der Waals surface area contributed by atoms with Gasteiger partial charge in [-0.1, -0.05) is 26.2 Å². The first-order valence-electron chi connectivity index (χ1n) is 9.81. The fraction of sp³-hybridized carbons (Fsp3) is 0.895. The lowest BCUT2D eigenvalue weighted by molar-refractivity contribution is 0.0514. The van der Waals surface area contributed by atoms with E-state index in [9.17, 15) is 9.59 Å². The van der Waals surface area contributed by atoms with E-state index in [1.54, 1.807) is 0 Å². The van der Waals surface area contributed by atoms with Gasteiger partial charge in [-0.3, -0.25) is 0 Å². The molecule has 0 bridgehead atoms. The molecule has 1 rings (SSSR count). The summed E-state index contributed by atoms with van der Waals surface area (Å²) < 4.78 is 5.25. The number of alkyl carbamates (subject to hydrolysis) is 1. The van der Waals surface area contributed by atoms with Gasteiger partial charge in [-0.2, -0.15) is 0 Å². The van der Waals surface area contributed by atoms with Crippen molar-refractivity contribution in [1.29, 1.82) is 0 Å². The number of unbranched alkanes of at least 4 members (excludes halogenated alkanes) is 3. The van der Waals surface area contributed by atoms with Crippen molar-refractivity contribution in [2.45, 2.75) is 90.7 Å². The van der Waals surface area contributed by atoms with Gasteiger partial charge in [0.05, 0.1) is 0 Å². The third-order valence-electron chi connectivity index (χ3n) is 4.43. The predicted molar refractivity (Wildman–Crippen MR) is 101 cm³/mol. The zero-order valence-electron chi connectivity index (χ0n) is 16.5. The van der Waals surface area contributed by atoms with Gasteiger partial charge in [0.1, 0.15) is 5.60 Å². The molecule has 0 spiro atoms. The van der Waals surface area contributed by atoms with Crippen LogP contribution in [0.15, 0.2) is 0 Å². The van der Waals surface area contributed by atoms with Gasteiger partial charge in [0, 0.05) is 19.1 Å². The van der Waals surface area contributed by atoms with E-state index in [1.807, 2.05) is 20.8 Å². The Bertz CT molecular complexity index is 399.